The molecule has 0 amide bonds. The first-order valence-electron chi connectivity index (χ1n) is 4.57. The van der Waals surface area contributed by atoms with Gasteiger partial charge in [-0.25, -0.2) is 14.6 Å². The van der Waals surface area contributed by atoms with Crippen LogP contribution in [0.1, 0.15) is 19.8 Å². The molecule has 0 aliphatic heterocycles. The summed E-state index contributed by atoms with van der Waals surface area (Å²) >= 11 is 0. The molecule has 1 unspecified atom stereocenters. The number of esters is 1. The molecule has 0 aromatic rings. The molecule has 0 bridgehead atoms. The van der Waals surface area contributed by atoms with Crippen molar-refractivity contribution < 1.29 is 14.3 Å². The number of hydrogen-bond acceptors (Lipinski definition) is 4. The molecule has 4 nitrogen and oxygen atoms in total. The summed E-state index contributed by atoms with van der Waals surface area (Å²) in [5.41, 5.74) is 0. The number of ether oxygens (including phenoxy) is 1. The second-order valence-corrected chi connectivity index (χ2v) is 2.87. The summed E-state index contributed by atoms with van der Waals surface area (Å²) in [5, 5.41) is 0. The zero-order valence-electron chi connectivity index (χ0n) is 8.36. The maximum Gasteiger partial charge on any atom is 0.330 e. The first kappa shape index (κ1) is 12.6. The number of carbonyl (C=O) groups excluding carboxylic acids is 2. The first-order chi connectivity index (χ1) is 6.74. The molecule has 0 aromatic carbocycles. The van der Waals surface area contributed by atoms with E-state index >= 15 is 0 Å². The third-order valence-corrected chi connectivity index (χ3v) is 1.93. The molecule has 0 aliphatic rings. The molecule has 0 saturated heterocycles. The van der Waals surface area contributed by atoms with Gasteiger partial charge < -0.3 is 4.74 Å². The van der Waals surface area contributed by atoms with Gasteiger partial charge in [0.25, 0.3) is 0 Å². The molecule has 0 heterocycles. The van der Waals surface area contributed by atoms with Crippen molar-refractivity contribution in [2.24, 2.45) is 10.9 Å². The number of nitrogens with zero attached hydrogens (tertiary/aromatic N) is 1. The first-order valence-corrected chi connectivity index (χ1v) is 4.57. The molecule has 14 heavy (non-hydrogen) atoms. The standard InChI is InChI=1S/C10H15NO3/c1-3-9(7-11-8-12)5-6-14-10(13)4-2/h4,9H,2-3,5-7H2,1H3. The quantitative estimate of drug-likeness (QED) is 0.269. The Labute approximate surface area is 83.7 Å². The van der Waals surface area contributed by atoms with E-state index in [1.807, 2.05) is 6.92 Å². The van der Waals surface area contributed by atoms with Crippen LogP contribution in [-0.2, 0) is 14.3 Å². The zero-order valence-corrected chi connectivity index (χ0v) is 8.36. The van der Waals surface area contributed by atoms with E-state index in [1.54, 1.807) is 0 Å². The van der Waals surface area contributed by atoms with E-state index in [2.05, 4.69) is 11.6 Å². The van der Waals surface area contributed by atoms with E-state index in [4.69, 9.17) is 4.74 Å². The number of aliphatic imine (C=N–C) groups is 1. The van der Waals surface area contributed by atoms with Crippen molar-refractivity contribution in [2.45, 2.75) is 19.8 Å². The van der Waals surface area contributed by atoms with Crippen LogP contribution in [-0.4, -0.2) is 25.2 Å². The van der Waals surface area contributed by atoms with Crippen molar-refractivity contribution >= 4 is 12.0 Å². The summed E-state index contributed by atoms with van der Waals surface area (Å²) in [6.07, 6.45) is 4.23. The Kier molecular flexibility index (Phi) is 7.37. The average Bonchev–Trinajstić information content (AvgIpc) is 2.22. The molecule has 1 atom stereocenters. The van der Waals surface area contributed by atoms with Gasteiger partial charge in [-0.05, 0) is 12.3 Å². The summed E-state index contributed by atoms with van der Waals surface area (Å²) in [6.45, 7) is 6.08. The van der Waals surface area contributed by atoms with Crippen molar-refractivity contribution in [1.82, 2.24) is 0 Å². The van der Waals surface area contributed by atoms with Gasteiger partial charge in [0, 0.05) is 6.08 Å². The van der Waals surface area contributed by atoms with Crippen LogP contribution >= 0.6 is 0 Å². The van der Waals surface area contributed by atoms with Crippen LogP contribution in [0.25, 0.3) is 0 Å². The summed E-state index contributed by atoms with van der Waals surface area (Å²) in [7, 11) is 0. The topological polar surface area (TPSA) is 55.7 Å². The lowest BCUT2D eigenvalue weighted by Gasteiger charge is -2.10. The van der Waals surface area contributed by atoms with E-state index in [-0.39, 0.29) is 5.92 Å². The molecule has 0 radical (unpaired) electrons. The summed E-state index contributed by atoms with van der Waals surface area (Å²) in [4.78, 5) is 24.0. The van der Waals surface area contributed by atoms with E-state index < -0.39 is 5.97 Å². The number of hydrogen-bond donors (Lipinski definition) is 0. The lowest BCUT2D eigenvalue weighted by atomic mass is 10.0. The normalized spacial score (nSPS) is 11.2. The van der Waals surface area contributed by atoms with Gasteiger partial charge >= 0.3 is 5.97 Å². The Hall–Kier alpha value is -1.41. The van der Waals surface area contributed by atoms with Gasteiger partial charge in [-0.15, -0.1) is 0 Å². The molecule has 0 N–H and O–H groups in total. The highest BCUT2D eigenvalue weighted by Crippen LogP contribution is 2.08. The predicted molar refractivity (Wildman–Crippen MR) is 52.5 cm³/mol. The lowest BCUT2D eigenvalue weighted by Crippen LogP contribution is -2.10. The Morgan fingerprint density at radius 1 is 1.71 bits per heavy atom. The number of rotatable bonds is 7. The second kappa shape index (κ2) is 8.20. The third kappa shape index (κ3) is 6.14. The molecule has 4 heteroatoms. The fourth-order valence-electron chi connectivity index (χ4n) is 0.976. The maximum atomic E-state index is 10.7. The van der Waals surface area contributed by atoms with Crippen molar-refractivity contribution in [3.05, 3.63) is 12.7 Å². The summed E-state index contributed by atoms with van der Waals surface area (Å²) < 4.78 is 4.81. The second-order valence-electron chi connectivity index (χ2n) is 2.87. The largest absolute Gasteiger partial charge is 0.463 e. The SMILES string of the molecule is C=CC(=O)OCCC(CC)CN=C=O. The van der Waals surface area contributed by atoms with Gasteiger partial charge in [0.1, 0.15) is 0 Å². The molecule has 0 rings (SSSR count). The minimum atomic E-state index is -0.418. The van der Waals surface area contributed by atoms with Crippen molar-refractivity contribution in [3.63, 3.8) is 0 Å². The molecule has 0 aliphatic carbocycles. The molecule has 0 fully saturated rings. The zero-order chi connectivity index (χ0) is 10.8. The summed E-state index contributed by atoms with van der Waals surface area (Å²) in [5.74, 6) is -0.146. The van der Waals surface area contributed by atoms with Crippen LogP contribution in [0.5, 0.6) is 0 Å². The Bertz CT molecular complexity index is 232. The van der Waals surface area contributed by atoms with E-state index in [0.29, 0.717) is 19.6 Å². The Morgan fingerprint density at radius 2 is 2.43 bits per heavy atom. The van der Waals surface area contributed by atoms with Crippen LogP contribution in [0.15, 0.2) is 17.6 Å². The average molecular weight is 197 g/mol. The minimum Gasteiger partial charge on any atom is -0.463 e. The van der Waals surface area contributed by atoms with Crippen molar-refractivity contribution in [3.8, 4) is 0 Å². The van der Waals surface area contributed by atoms with Gasteiger partial charge in [-0.3, -0.25) is 0 Å². The van der Waals surface area contributed by atoms with Crippen LogP contribution in [0.4, 0.5) is 0 Å². The van der Waals surface area contributed by atoms with Gasteiger partial charge in [0.15, 0.2) is 0 Å². The molecule has 0 saturated carbocycles. The van der Waals surface area contributed by atoms with Crippen LogP contribution in [0.3, 0.4) is 0 Å². The van der Waals surface area contributed by atoms with Crippen LogP contribution in [0, 0.1) is 5.92 Å². The van der Waals surface area contributed by atoms with Crippen LogP contribution in [0.2, 0.25) is 0 Å². The summed E-state index contributed by atoms with van der Waals surface area (Å²) in [6, 6.07) is 0. The van der Waals surface area contributed by atoms with E-state index in [1.165, 1.54) is 6.08 Å². The van der Waals surface area contributed by atoms with Crippen molar-refractivity contribution in [2.75, 3.05) is 13.2 Å². The minimum absolute atomic E-state index is 0.272. The smallest absolute Gasteiger partial charge is 0.330 e. The lowest BCUT2D eigenvalue weighted by molar-refractivity contribution is -0.138. The van der Waals surface area contributed by atoms with E-state index in [0.717, 1.165) is 12.5 Å². The highest BCUT2D eigenvalue weighted by atomic mass is 16.5. The molecule has 78 valence electrons. The van der Waals surface area contributed by atoms with Gasteiger partial charge in [-0.2, -0.15) is 0 Å². The molecular weight excluding hydrogens is 182 g/mol. The Balaban J connectivity index is 3.66. The fourth-order valence-corrected chi connectivity index (χ4v) is 0.976. The Morgan fingerprint density at radius 3 is 2.93 bits per heavy atom. The molecule has 0 aromatic heterocycles. The number of carbonyl (C=O) groups is 1. The van der Waals surface area contributed by atoms with Crippen LogP contribution < -0.4 is 0 Å². The highest BCUT2D eigenvalue weighted by molar-refractivity contribution is 5.81. The maximum absolute atomic E-state index is 10.7. The fraction of sp³-hybridized carbons (Fsp3) is 0.600. The third-order valence-electron chi connectivity index (χ3n) is 1.93. The highest BCUT2D eigenvalue weighted by Gasteiger charge is 2.06. The van der Waals surface area contributed by atoms with Gasteiger partial charge in [0.05, 0.1) is 13.2 Å². The number of isocyanates is 1. The molecular formula is C10H15NO3. The monoisotopic (exact) mass is 197 g/mol. The molecule has 0 spiro atoms. The van der Waals surface area contributed by atoms with E-state index in [9.17, 15) is 9.59 Å². The predicted octanol–water partition coefficient (Wildman–Crippen LogP) is 1.47. The van der Waals surface area contributed by atoms with Gasteiger partial charge in [0.2, 0.25) is 6.08 Å². The van der Waals surface area contributed by atoms with Gasteiger partial charge in [-0.1, -0.05) is 19.9 Å². The van der Waals surface area contributed by atoms with Crippen molar-refractivity contribution in [1.29, 1.82) is 0 Å².